The zero-order valence-electron chi connectivity index (χ0n) is 19.5. The summed E-state index contributed by atoms with van der Waals surface area (Å²) in [5.74, 6) is -1.46. The Hall–Kier alpha value is -4.35. The number of alkyl halides is 3. The van der Waals surface area contributed by atoms with Gasteiger partial charge in [-0.1, -0.05) is 29.8 Å². The number of carboxylic acids is 1. The number of carbonyl (C=O) groups is 3. The van der Waals surface area contributed by atoms with Gasteiger partial charge in [0.05, 0.1) is 23.3 Å². The first-order valence-corrected chi connectivity index (χ1v) is 11.5. The highest BCUT2D eigenvalue weighted by Crippen LogP contribution is 2.31. The summed E-state index contributed by atoms with van der Waals surface area (Å²) in [5, 5.41) is 17.5. The Balaban J connectivity index is 1.60. The molecular weight excluding hydrogens is 525 g/mol. The Kier molecular flexibility index (Phi) is 7.70. The molecule has 4 N–H and O–H groups in total. The highest BCUT2D eigenvalue weighted by atomic mass is 35.5. The summed E-state index contributed by atoms with van der Waals surface area (Å²) >= 11 is 6.15. The molecule has 0 saturated carbocycles. The monoisotopic (exact) mass is 544 g/mol. The van der Waals surface area contributed by atoms with Crippen LogP contribution in [0.3, 0.4) is 0 Å². The molecule has 196 valence electrons. The van der Waals surface area contributed by atoms with Crippen molar-refractivity contribution in [2.75, 3.05) is 17.2 Å². The number of aromatic nitrogens is 1. The van der Waals surface area contributed by atoms with E-state index >= 15 is 0 Å². The van der Waals surface area contributed by atoms with Gasteiger partial charge in [-0.3, -0.25) is 14.2 Å². The van der Waals surface area contributed by atoms with Crippen LogP contribution in [0.15, 0.2) is 72.9 Å². The van der Waals surface area contributed by atoms with E-state index in [4.69, 9.17) is 16.7 Å². The Bertz CT molecular complexity index is 1520. The maximum absolute atomic E-state index is 13.5. The highest BCUT2D eigenvalue weighted by molar-refractivity contribution is 6.31. The van der Waals surface area contributed by atoms with E-state index in [-0.39, 0.29) is 24.5 Å². The van der Waals surface area contributed by atoms with Crippen LogP contribution in [0.25, 0.3) is 10.9 Å². The van der Waals surface area contributed by atoms with Crippen LogP contribution in [0.1, 0.15) is 21.5 Å². The van der Waals surface area contributed by atoms with Gasteiger partial charge < -0.3 is 21.1 Å². The molecule has 4 rings (SSSR count). The van der Waals surface area contributed by atoms with Crippen molar-refractivity contribution < 1.29 is 32.7 Å². The summed E-state index contributed by atoms with van der Waals surface area (Å²) in [6, 6.07) is 14.7. The van der Waals surface area contributed by atoms with Crippen molar-refractivity contribution >= 4 is 51.8 Å². The zero-order valence-corrected chi connectivity index (χ0v) is 20.2. The molecule has 0 unspecified atom stereocenters. The van der Waals surface area contributed by atoms with Gasteiger partial charge in [0, 0.05) is 34.4 Å². The first-order valence-electron chi connectivity index (χ1n) is 11.1. The molecule has 2 amide bonds. The van der Waals surface area contributed by atoms with E-state index in [1.165, 1.54) is 10.8 Å². The average Bonchev–Trinajstić information content (AvgIpc) is 3.20. The maximum Gasteiger partial charge on any atom is 0.416 e. The van der Waals surface area contributed by atoms with Gasteiger partial charge in [0.2, 0.25) is 0 Å². The Morgan fingerprint density at radius 3 is 2.34 bits per heavy atom. The number of hydrogen-bond acceptors (Lipinski definition) is 4. The minimum atomic E-state index is -4.50. The molecule has 4 aromatic rings. The zero-order chi connectivity index (χ0) is 27.4. The number of carbonyl (C=O) groups excluding carboxylic acids is 2. The van der Waals surface area contributed by atoms with Gasteiger partial charge in [-0.05, 0) is 54.1 Å². The number of benzene rings is 3. The second kappa shape index (κ2) is 11.0. The quantitative estimate of drug-likeness (QED) is 0.234. The second-order valence-electron chi connectivity index (χ2n) is 8.19. The van der Waals surface area contributed by atoms with Gasteiger partial charge >= 0.3 is 18.2 Å². The van der Waals surface area contributed by atoms with Crippen LogP contribution in [0.4, 0.5) is 29.3 Å². The van der Waals surface area contributed by atoms with Crippen LogP contribution in [0.2, 0.25) is 5.02 Å². The van der Waals surface area contributed by atoms with Crippen molar-refractivity contribution in [3.63, 3.8) is 0 Å². The van der Waals surface area contributed by atoms with Gasteiger partial charge in [-0.25, -0.2) is 4.79 Å². The van der Waals surface area contributed by atoms with E-state index in [0.29, 0.717) is 27.1 Å². The molecule has 0 radical (unpaired) electrons. The number of fused-ring (bicyclic) bond motifs is 1. The predicted octanol–water partition coefficient (Wildman–Crippen LogP) is 5.82. The topological polar surface area (TPSA) is 112 Å². The van der Waals surface area contributed by atoms with Crippen molar-refractivity contribution in [2.24, 2.45) is 0 Å². The largest absolute Gasteiger partial charge is 0.480 e. The fraction of sp³-hybridized carbons (Fsp3) is 0.115. The van der Waals surface area contributed by atoms with Crippen LogP contribution < -0.4 is 16.0 Å². The molecule has 1 heterocycles. The molecular formula is C26H20ClF3N4O4. The number of carboxylic acid groups (broad SMARTS) is 1. The van der Waals surface area contributed by atoms with Gasteiger partial charge in [-0.15, -0.1) is 0 Å². The number of nitrogens with zero attached hydrogens (tertiary/aromatic N) is 1. The summed E-state index contributed by atoms with van der Waals surface area (Å²) in [7, 11) is 0. The number of hydrogen-bond donors (Lipinski definition) is 4. The fourth-order valence-electron chi connectivity index (χ4n) is 3.81. The average molecular weight is 545 g/mol. The van der Waals surface area contributed by atoms with Crippen LogP contribution in [0, 0.1) is 0 Å². The van der Waals surface area contributed by atoms with Gasteiger partial charge in [0.25, 0.3) is 5.91 Å². The lowest BCUT2D eigenvalue weighted by atomic mass is 10.1. The SMILES string of the molecule is O=C(O)CNCc1ccccc1C(=O)n1cc(NC(=O)Nc2ccc(C(F)(F)F)cc2)c2cc(Cl)ccc21. The lowest BCUT2D eigenvalue weighted by Gasteiger charge is -2.10. The van der Waals surface area contributed by atoms with E-state index < -0.39 is 29.6 Å². The van der Waals surface area contributed by atoms with E-state index in [9.17, 15) is 27.6 Å². The first kappa shape index (κ1) is 26.7. The Labute approximate surface area is 219 Å². The number of urea groups is 1. The molecule has 0 fully saturated rings. The Morgan fingerprint density at radius 2 is 1.66 bits per heavy atom. The van der Waals surface area contributed by atoms with Crippen molar-refractivity contribution in [1.29, 1.82) is 0 Å². The maximum atomic E-state index is 13.5. The molecule has 0 spiro atoms. The second-order valence-corrected chi connectivity index (χ2v) is 8.62. The van der Waals surface area contributed by atoms with E-state index in [1.807, 2.05) is 0 Å². The van der Waals surface area contributed by atoms with E-state index in [1.54, 1.807) is 42.5 Å². The van der Waals surface area contributed by atoms with E-state index in [2.05, 4.69) is 16.0 Å². The van der Waals surface area contributed by atoms with Crippen molar-refractivity contribution in [3.05, 3.63) is 94.6 Å². The van der Waals surface area contributed by atoms with Crippen LogP contribution in [0.5, 0.6) is 0 Å². The third-order valence-electron chi connectivity index (χ3n) is 5.54. The first-order chi connectivity index (χ1) is 18.0. The molecule has 3 aromatic carbocycles. The normalized spacial score (nSPS) is 11.4. The number of aliphatic carboxylic acids is 1. The summed E-state index contributed by atoms with van der Waals surface area (Å²) in [5.41, 5.74) is 0.857. The molecule has 0 atom stereocenters. The van der Waals surface area contributed by atoms with Crippen molar-refractivity contribution in [1.82, 2.24) is 9.88 Å². The summed E-state index contributed by atoms with van der Waals surface area (Å²) < 4.78 is 39.7. The van der Waals surface area contributed by atoms with Gasteiger partial charge in [0.15, 0.2) is 0 Å². The summed E-state index contributed by atoms with van der Waals surface area (Å²) in [6.07, 6.45) is -3.09. The van der Waals surface area contributed by atoms with Crippen LogP contribution in [-0.4, -0.2) is 34.1 Å². The molecule has 12 heteroatoms. The molecule has 8 nitrogen and oxygen atoms in total. The Morgan fingerprint density at radius 1 is 0.947 bits per heavy atom. The number of anilines is 2. The molecule has 0 aliphatic heterocycles. The molecule has 1 aromatic heterocycles. The minimum absolute atomic E-state index is 0.135. The van der Waals surface area contributed by atoms with Crippen LogP contribution in [-0.2, 0) is 17.5 Å². The van der Waals surface area contributed by atoms with Gasteiger partial charge in [-0.2, -0.15) is 13.2 Å². The van der Waals surface area contributed by atoms with Gasteiger partial charge in [0.1, 0.15) is 0 Å². The van der Waals surface area contributed by atoms with Crippen LogP contribution >= 0.6 is 11.6 Å². The number of nitrogens with one attached hydrogen (secondary N) is 3. The number of halogens is 4. The molecule has 0 aliphatic carbocycles. The third-order valence-corrected chi connectivity index (χ3v) is 5.78. The predicted molar refractivity (Wildman–Crippen MR) is 137 cm³/mol. The number of amides is 2. The molecule has 38 heavy (non-hydrogen) atoms. The lowest BCUT2D eigenvalue weighted by molar-refractivity contribution is -0.138. The van der Waals surface area contributed by atoms with E-state index in [0.717, 1.165) is 24.3 Å². The summed E-state index contributed by atoms with van der Waals surface area (Å²) in [6.45, 7) is -0.143. The highest BCUT2D eigenvalue weighted by Gasteiger charge is 2.30. The standard InChI is InChI=1S/C26H20ClF3N4O4/c27-17-7-10-22-20(11-17)21(33-25(38)32-18-8-5-16(6-9-18)26(28,29)30)14-34(22)24(37)19-4-2-1-3-15(19)12-31-13-23(35)36/h1-11,14,31H,12-13H2,(H,35,36)(H2,32,33,38). The third kappa shape index (κ3) is 6.13. The minimum Gasteiger partial charge on any atom is -0.480 e. The molecule has 0 bridgehead atoms. The molecule has 0 saturated heterocycles. The smallest absolute Gasteiger partial charge is 0.416 e. The van der Waals surface area contributed by atoms with Crippen molar-refractivity contribution in [3.8, 4) is 0 Å². The lowest BCUT2D eigenvalue weighted by Crippen LogP contribution is -2.23. The van der Waals surface area contributed by atoms with Crippen molar-refractivity contribution in [2.45, 2.75) is 12.7 Å². The fourth-order valence-corrected chi connectivity index (χ4v) is 3.99. The number of rotatable bonds is 7. The molecule has 0 aliphatic rings. The summed E-state index contributed by atoms with van der Waals surface area (Å²) in [4.78, 5) is 37.0.